The molecule has 6 nitrogen and oxygen atoms in total. The third-order valence-electron chi connectivity index (χ3n) is 5.59. The van der Waals surface area contributed by atoms with Crippen LogP contribution in [0, 0.1) is 5.92 Å². The average Bonchev–Trinajstić information content (AvgIpc) is 2.66. The van der Waals surface area contributed by atoms with Crippen LogP contribution in [0.3, 0.4) is 0 Å². The Labute approximate surface area is 187 Å². The largest absolute Gasteiger partial charge is 0.346 e. The van der Waals surface area contributed by atoms with Crippen molar-refractivity contribution in [1.29, 1.82) is 0 Å². The molecule has 1 heterocycles. The van der Waals surface area contributed by atoms with Gasteiger partial charge in [0.1, 0.15) is 0 Å². The molecule has 1 aromatic rings. The van der Waals surface area contributed by atoms with Gasteiger partial charge in [0.25, 0.3) is 0 Å². The molecule has 2 amide bonds. The Kier molecular flexibility index (Phi) is 12.5. The first kappa shape index (κ1) is 27.7. The SMILES string of the molecule is CC(C)[C@H](N)C(=O)NCC(=O)N(C)C1CCN(Cc2ccccc2)C(C)C1.Cl.Cl. The van der Waals surface area contributed by atoms with Gasteiger partial charge in [0.05, 0.1) is 12.6 Å². The summed E-state index contributed by atoms with van der Waals surface area (Å²) in [4.78, 5) is 28.7. The smallest absolute Gasteiger partial charge is 0.241 e. The van der Waals surface area contributed by atoms with Crippen molar-refractivity contribution in [1.82, 2.24) is 15.1 Å². The lowest BCUT2D eigenvalue weighted by Gasteiger charge is -2.41. The molecule has 1 aliphatic rings. The van der Waals surface area contributed by atoms with Gasteiger partial charge in [0.15, 0.2) is 0 Å². The van der Waals surface area contributed by atoms with Crippen molar-refractivity contribution in [3.63, 3.8) is 0 Å². The molecule has 1 fully saturated rings. The number of amides is 2. The van der Waals surface area contributed by atoms with Gasteiger partial charge in [-0.2, -0.15) is 0 Å². The summed E-state index contributed by atoms with van der Waals surface area (Å²) >= 11 is 0. The first-order valence-corrected chi connectivity index (χ1v) is 9.86. The number of piperidine rings is 1. The summed E-state index contributed by atoms with van der Waals surface area (Å²) in [7, 11) is 1.83. The van der Waals surface area contributed by atoms with Crippen LogP contribution in [0.2, 0.25) is 0 Å². The Balaban J connectivity index is 0.00000392. The first-order valence-electron chi connectivity index (χ1n) is 9.86. The van der Waals surface area contributed by atoms with Gasteiger partial charge >= 0.3 is 0 Å². The van der Waals surface area contributed by atoms with E-state index in [4.69, 9.17) is 5.73 Å². The number of nitrogens with two attached hydrogens (primary N) is 1. The molecular formula is C21H36Cl2N4O2. The number of hydrogen-bond donors (Lipinski definition) is 2. The van der Waals surface area contributed by atoms with E-state index in [9.17, 15) is 9.59 Å². The van der Waals surface area contributed by atoms with E-state index in [2.05, 4.69) is 41.4 Å². The van der Waals surface area contributed by atoms with Crippen LogP contribution in [0.25, 0.3) is 0 Å². The second kappa shape index (κ2) is 13.1. The monoisotopic (exact) mass is 446 g/mol. The van der Waals surface area contributed by atoms with Crippen molar-refractivity contribution >= 4 is 36.6 Å². The van der Waals surface area contributed by atoms with Gasteiger partial charge < -0.3 is 16.0 Å². The minimum absolute atomic E-state index is 0. The van der Waals surface area contributed by atoms with E-state index in [1.807, 2.05) is 27.0 Å². The van der Waals surface area contributed by atoms with E-state index < -0.39 is 6.04 Å². The Hall–Kier alpha value is -1.34. The highest BCUT2D eigenvalue weighted by Gasteiger charge is 2.30. The number of halogens is 2. The zero-order valence-corrected chi connectivity index (χ0v) is 19.5. The molecule has 0 aromatic heterocycles. The molecule has 1 saturated heterocycles. The van der Waals surface area contributed by atoms with Crippen LogP contribution in [0.1, 0.15) is 39.2 Å². The van der Waals surface area contributed by atoms with Gasteiger partial charge in [0, 0.05) is 32.2 Å². The Morgan fingerprint density at radius 1 is 1.24 bits per heavy atom. The number of nitrogens with one attached hydrogen (secondary N) is 1. The Bertz CT molecular complexity index is 630. The van der Waals surface area contributed by atoms with Crippen molar-refractivity contribution in [3.05, 3.63) is 35.9 Å². The lowest BCUT2D eigenvalue weighted by atomic mass is 9.96. The maximum atomic E-state index is 12.5. The average molecular weight is 447 g/mol. The standard InChI is InChI=1S/C21H34N4O2.2ClH/c1-15(2)20(22)21(27)23-13-19(26)24(4)18-10-11-25(16(3)12-18)14-17-8-6-5-7-9-17;;/h5-9,15-16,18,20H,10-14,22H2,1-4H3,(H,23,27);2*1H/t16?,18?,20-;;/m0../s1. The molecule has 166 valence electrons. The van der Waals surface area contributed by atoms with E-state index >= 15 is 0 Å². The van der Waals surface area contributed by atoms with Gasteiger partial charge in [0.2, 0.25) is 11.8 Å². The number of benzene rings is 1. The fraction of sp³-hybridized carbons (Fsp3) is 0.619. The van der Waals surface area contributed by atoms with Crippen LogP contribution in [-0.4, -0.2) is 59.9 Å². The summed E-state index contributed by atoms with van der Waals surface area (Å²) < 4.78 is 0. The van der Waals surface area contributed by atoms with Crippen LogP contribution in [-0.2, 0) is 16.1 Å². The predicted molar refractivity (Wildman–Crippen MR) is 122 cm³/mol. The number of rotatable bonds is 7. The predicted octanol–water partition coefficient (Wildman–Crippen LogP) is 2.44. The molecule has 3 atom stereocenters. The molecule has 0 radical (unpaired) electrons. The third-order valence-corrected chi connectivity index (χ3v) is 5.59. The highest BCUT2D eigenvalue weighted by Crippen LogP contribution is 2.23. The van der Waals surface area contributed by atoms with E-state index in [0.29, 0.717) is 6.04 Å². The Morgan fingerprint density at radius 3 is 2.41 bits per heavy atom. The molecule has 0 aliphatic carbocycles. The molecule has 2 rings (SSSR count). The highest BCUT2D eigenvalue weighted by atomic mass is 35.5. The van der Waals surface area contributed by atoms with Gasteiger partial charge in [-0.1, -0.05) is 44.2 Å². The molecular weight excluding hydrogens is 411 g/mol. The van der Waals surface area contributed by atoms with Crippen molar-refractivity contribution in [2.24, 2.45) is 11.7 Å². The molecule has 0 bridgehead atoms. The summed E-state index contributed by atoms with van der Waals surface area (Å²) in [5.41, 5.74) is 7.14. The maximum absolute atomic E-state index is 12.5. The van der Waals surface area contributed by atoms with E-state index in [0.717, 1.165) is 25.9 Å². The van der Waals surface area contributed by atoms with Gasteiger partial charge in [-0.15, -0.1) is 24.8 Å². The van der Waals surface area contributed by atoms with Crippen LogP contribution >= 0.6 is 24.8 Å². The fourth-order valence-corrected chi connectivity index (χ4v) is 3.51. The Morgan fingerprint density at radius 2 is 1.86 bits per heavy atom. The quantitative estimate of drug-likeness (QED) is 0.673. The minimum atomic E-state index is -0.579. The number of carbonyl (C=O) groups is 2. The van der Waals surface area contributed by atoms with Gasteiger partial charge in [-0.25, -0.2) is 0 Å². The summed E-state index contributed by atoms with van der Waals surface area (Å²) in [5.74, 6) is -0.279. The number of carbonyl (C=O) groups excluding carboxylic acids is 2. The lowest BCUT2D eigenvalue weighted by molar-refractivity contribution is -0.135. The van der Waals surface area contributed by atoms with Gasteiger partial charge in [-0.05, 0) is 31.2 Å². The number of hydrogen-bond acceptors (Lipinski definition) is 4. The lowest BCUT2D eigenvalue weighted by Crippen LogP contribution is -2.52. The fourth-order valence-electron chi connectivity index (χ4n) is 3.51. The molecule has 29 heavy (non-hydrogen) atoms. The third kappa shape index (κ3) is 8.13. The maximum Gasteiger partial charge on any atom is 0.241 e. The molecule has 1 aliphatic heterocycles. The van der Waals surface area contributed by atoms with Crippen molar-refractivity contribution in [2.75, 3.05) is 20.1 Å². The first-order chi connectivity index (χ1) is 12.8. The highest BCUT2D eigenvalue weighted by molar-refractivity contribution is 5.87. The number of likely N-dealkylation sites (tertiary alicyclic amines) is 1. The van der Waals surface area contributed by atoms with E-state index in [1.165, 1.54) is 5.56 Å². The van der Waals surface area contributed by atoms with Gasteiger partial charge in [-0.3, -0.25) is 14.5 Å². The minimum Gasteiger partial charge on any atom is -0.346 e. The van der Waals surface area contributed by atoms with E-state index in [1.54, 1.807) is 4.90 Å². The van der Waals surface area contributed by atoms with E-state index in [-0.39, 0.29) is 55.1 Å². The molecule has 1 aromatic carbocycles. The summed E-state index contributed by atoms with van der Waals surface area (Å²) in [6, 6.07) is 10.5. The summed E-state index contributed by atoms with van der Waals surface area (Å²) in [6.07, 6.45) is 1.88. The van der Waals surface area contributed by atoms with Crippen LogP contribution in [0.4, 0.5) is 0 Å². The second-order valence-corrected chi connectivity index (χ2v) is 7.98. The molecule has 3 N–H and O–H groups in total. The van der Waals surface area contributed by atoms with Crippen LogP contribution in [0.5, 0.6) is 0 Å². The zero-order chi connectivity index (χ0) is 20.0. The number of nitrogens with zero attached hydrogens (tertiary/aromatic N) is 2. The normalized spacial score (nSPS) is 20.2. The second-order valence-electron chi connectivity index (χ2n) is 7.98. The van der Waals surface area contributed by atoms with Crippen molar-refractivity contribution in [3.8, 4) is 0 Å². The molecule has 8 heteroatoms. The topological polar surface area (TPSA) is 78.7 Å². The molecule has 0 saturated carbocycles. The zero-order valence-electron chi connectivity index (χ0n) is 17.8. The summed E-state index contributed by atoms with van der Waals surface area (Å²) in [6.45, 7) is 7.91. The van der Waals surface area contributed by atoms with Crippen molar-refractivity contribution < 1.29 is 9.59 Å². The number of likely N-dealkylation sites (N-methyl/N-ethyl adjacent to an activating group) is 1. The van der Waals surface area contributed by atoms with Crippen LogP contribution < -0.4 is 11.1 Å². The summed E-state index contributed by atoms with van der Waals surface area (Å²) in [5, 5.41) is 2.67. The van der Waals surface area contributed by atoms with Crippen LogP contribution in [0.15, 0.2) is 30.3 Å². The molecule has 0 spiro atoms. The molecule has 2 unspecified atom stereocenters. The van der Waals surface area contributed by atoms with Crippen molar-refractivity contribution in [2.45, 2.75) is 58.3 Å².